The first-order chi connectivity index (χ1) is 13.8. The van der Waals surface area contributed by atoms with E-state index in [1.165, 1.54) is 24.5 Å². The molecule has 148 valence electrons. The summed E-state index contributed by atoms with van der Waals surface area (Å²) in [5.74, 6) is -0.164. The zero-order valence-electron chi connectivity index (χ0n) is 14.8. The van der Waals surface area contributed by atoms with Crippen LogP contribution in [-0.2, 0) is 12.7 Å². The number of nitrogens with zero attached hydrogens (tertiary/aromatic N) is 3. The fourth-order valence-corrected chi connectivity index (χ4v) is 2.87. The Morgan fingerprint density at radius 3 is 2.69 bits per heavy atom. The number of alkyl halides is 3. The van der Waals surface area contributed by atoms with Gasteiger partial charge in [0.15, 0.2) is 0 Å². The summed E-state index contributed by atoms with van der Waals surface area (Å²) in [6, 6.07) is 7.02. The number of anilines is 2. The largest absolute Gasteiger partial charge is 0.417 e. The van der Waals surface area contributed by atoms with Crippen molar-refractivity contribution in [1.29, 1.82) is 0 Å². The van der Waals surface area contributed by atoms with Gasteiger partial charge in [-0.2, -0.15) is 13.2 Å². The van der Waals surface area contributed by atoms with Gasteiger partial charge in [-0.15, -0.1) is 0 Å². The van der Waals surface area contributed by atoms with E-state index in [0.29, 0.717) is 11.1 Å². The molecule has 29 heavy (non-hydrogen) atoms. The Labute approximate surface area is 161 Å². The lowest BCUT2D eigenvalue weighted by Crippen LogP contribution is -2.06. The van der Waals surface area contributed by atoms with Gasteiger partial charge in [0, 0.05) is 29.9 Å². The Balaban J connectivity index is 1.69. The summed E-state index contributed by atoms with van der Waals surface area (Å²) in [6.07, 6.45) is -0.911. The van der Waals surface area contributed by atoms with Crippen molar-refractivity contribution in [3.8, 4) is 11.3 Å². The molecule has 0 aliphatic rings. The fraction of sp³-hybridized carbons (Fsp3) is 0.105. The van der Waals surface area contributed by atoms with Gasteiger partial charge in [-0.3, -0.25) is 0 Å². The first kappa shape index (κ1) is 18.7. The van der Waals surface area contributed by atoms with Crippen molar-refractivity contribution < 1.29 is 17.6 Å². The molecule has 0 fully saturated rings. The van der Waals surface area contributed by atoms with E-state index >= 15 is 0 Å². The van der Waals surface area contributed by atoms with Gasteiger partial charge in [0.2, 0.25) is 5.95 Å². The summed E-state index contributed by atoms with van der Waals surface area (Å²) in [5, 5.41) is 3.19. The first-order valence-corrected chi connectivity index (χ1v) is 8.47. The second kappa shape index (κ2) is 7.04. The van der Waals surface area contributed by atoms with Gasteiger partial charge in [-0.25, -0.2) is 19.3 Å². The van der Waals surface area contributed by atoms with Crippen LogP contribution in [0.25, 0.3) is 22.3 Å². The van der Waals surface area contributed by atoms with E-state index in [2.05, 4.69) is 25.3 Å². The number of rotatable bonds is 4. The molecule has 0 spiro atoms. The van der Waals surface area contributed by atoms with Crippen LogP contribution in [-0.4, -0.2) is 19.9 Å². The topological polar surface area (TPSA) is 92.5 Å². The number of nitrogens with two attached hydrogens (primary N) is 1. The normalized spacial score (nSPS) is 11.7. The number of nitrogen functional groups attached to an aromatic ring is 1. The molecule has 6 nitrogen and oxygen atoms in total. The summed E-state index contributed by atoms with van der Waals surface area (Å²) >= 11 is 0. The summed E-state index contributed by atoms with van der Waals surface area (Å²) in [7, 11) is 0. The van der Waals surface area contributed by atoms with Gasteiger partial charge < -0.3 is 16.0 Å². The molecule has 0 saturated heterocycles. The van der Waals surface area contributed by atoms with Crippen LogP contribution >= 0.6 is 0 Å². The molecule has 3 aromatic heterocycles. The second-order valence-corrected chi connectivity index (χ2v) is 6.30. The fourth-order valence-electron chi connectivity index (χ4n) is 2.87. The maximum Gasteiger partial charge on any atom is 0.417 e. The van der Waals surface area contributed by atoms with Gasteiger partial charge in [-0.05, 0) is 23.8 Å². The number of hydrogen-bond acceptors (Lipinski definition) is 5. The molecule has 10 heteroatoms. The number of fused-ring (bicyclic) bond motifs is 1. The average Bonchev–Trinajstić information content (AvgIpc) is 3.10. The number of aromatic nitrogens is 4. The molecular weight excluding hydrogens is 388 g/mol. The summed E-state index contributed by atoms with van der Waals surface area (Å²) in [6.45, 7) is 0.259. The van der Waals surface area contributed by atoms with Crippen LogP contribution in [0.1, 0.15) is 11.1 Å². The van der Waals surface area contributed by atoms with Gasteiger partial charge in [-0.1, -0.05) is 12.1 Å². The lowest BCUT2D eigenvalue weighted by atomic mass is 10.1. The van der Waals surface area contributed by atoms with E-state index in [1.807, 2.05) is 0 Å². The van der Waals surface area contributed by atoms with Crippen molar-refractivity contribution in [3.05, 3.63) is 65.9 Å². The van der Waals surface area contributed by atoms with Crippen LogP contribution in [0, 0.1) is 5.82 Å². The molecule has 0 radical (unpaired) electrons. The van der Waals surface area contributed by atoms with Gasteiger partial charge in [0.1, 0.15) is 17.2 Å². The van der Waals surface area contributed by atoms with Crippen molar-refractivity contribution >= 4 is 22.7 Å². The highest BCUT2D eigenvalue weighted by Crippen LogP contribution is 2.35. The van der Waals surface area contributed by atoms with E-state index in [9.17, 15) is 17.6 Å². The minimum absolute atomic E-state index is 0.194. The minimum atomic E-state index is -4.52. The predicted octanol–water partition coefficient (Wildman–Crippen LogP) is 4.37. The molecule has 4 aromatic rings. The Kier molecular flexibility index (Phi) is 4.53. The maximum absolute atomic E-state index is 13.3. The molecule has 3 heterocycles. The molecule has 1 aromatic carbocycles. The molecule has 0 unspecified atom stereocenters. The number of pyridine rings is 1. The number of nitrogens with one attached hydrogen (secondary N) is 2. The lowest BCUT2D eigenvalue weighted by Gasteiger charge is -2.09. The van der Waals surface area contributed by atoms with Crippen LogP contribution in [0.5, 0.6) is 0 Å². The van der Waals surface area contributed by atoms with Crippen LogP contribution in [0.4, 0.5) is 29.2 Å². The zero-order chi connectivity index (χ0) is 20.6. The van der Waals surface area contributed by atoms with Crippen LogP contribution in [0.3, 0.4) is 0 Å². The Bertz CT molecular complexity index is 1190. The Morgan fingerprint density at radius 2 is 1.93 bits per heavy atom. The van der Waals surface area contributed by atoms with Crippen molar-refractivity contribution in [1.82, 2.24) is 19.9 Å². The lowest BCUT2D eigenvalue weighted by molar-refractivity contribution is -0.137. The smallest absolute Gasteiger partial charge is 0.396 e. The Morgan fingerprint density at radius 1 is 1.10 bits per heavy atom. The third kappa shape index (κ3) is 3.82. The van der Waals surface area contributed by atoms with Crippen LogP contribution in [0.2, 0.25) is 0 Å². The summed E-state index contributed by atoms with van der Waals surface area (Å²) in [5.41, 5.74) is 6.87. The number of hydrogen-bond donors (Lipinski definition) is 3. The third-order valence-corrected chi connectivity index (χ3v) is 4.27. The van der Waals surface area contributed by atoms with E-state index in [-0.39, 0.29) is 40.7 Å². The molecule has 4 N–H and O–H groups in total. The highest BCUT2D eigenvalue weighted by atomic mass is 19.4. The number of H-pyrrole nitrogens is 1. The highest BCUT2D eigenvalue weighted by Gasteiger charge is 2.31. The third-order valence-electron chi connectivity index (χ3n) is 4.27. The van der Waals surface area contributed by atoms with Crippen molar-refractivity contribution in [2.24, 2.45) is 0 Å². The monoisotopic (exact) mass is 402 g/mol. The molecule has 0 aliphatic carbocycles. The van der Waals surface area contributed by atoms with Gasteiger partial charge >= 0.3 is 6.18 Å². The maximum atomic E-state index is 13.3. The molecule has 0 saturated carbocycles. The number of aromatic amines is 1. The molecule has 0 atom stereocenters. The van der Waals surface area contributed by atoms with Gasteiger partial charge in [0.25, 0.3) is 0 Å². The molecule has 0 amide bonds. The van der Waals surface area contributed by atoms with E-state index < -0.39 is 11.7 Å². The van der Waals surface area contributed by atoms with Crippen molar-refractivity contribution in [3.63, 3.8) is 0 Å². The molecule has 0 bridgehead atoms. The second-order valence-electron chi connectivity index (χ2n) is 6.30. The summed E-state index contributed by atoms with van der Waals surface area (Å²) in [4.78, 5) is 15.0. The molecular formula is C19H14F4N6. The Hall–Kier alpha value is -3.69. The average molecular weight is 402 g/mol. The SMILES string of the molecule is Nc1cnc(NCc2cccc(F)c2)nc1-c1c[nH]c2ncc(C(F)(F)F)cc12. The number of benzene rings is 1. The summed E-state index contributed by atoms with van der Waals surface area (Å²) < 4.78 is 52.5. The van der Waals surface area contributed by atoms with Crippen molar-refractivity contribution in [2.45, 2.75) is 12.7 Å². The van der Waals surface area contributed by atoms with E-state index in [0.717, 1.165) is 12.3 Å². The van der Waals surface area contributed by atoms with E-state index in [4.69, 9.17) is 5.73 Å². The van der Waals surface area contributed by atoms with Crippen LogP contribution in [0.15, 0.2) is 48.9 Å². The number of halogens is 4. The van der Waals surface area contributed by atoms with Crippen molar-refractivity contribution in [2.75, 3.05) is 11.1 Å². The van der Waals surface area contributed by atoms with Gasteiger partial charge in [0.05, 0.1) is 17.4 Å². The standard InChI is InChI=1S/C19H14F4N6/c20-12-3-1-2-10(4-12)6-27-18-28-9-15(24)16(29-18)14-8-26-17-13(14)5-11(7-25-17)19(21,22)23/h1-5,7-9H,6,24H2,(H,25,26)(H,27,28,29). The predicted molar refractivity (Wildman–Crippen MR) is 100 cm³/mol. The first-order valence-electron chi connectivity index (χ1n) is 8.47. The molecule has 4 rings (SSSR count). The van der Waals surface area contributed by atoms with Crippen LogP contribution < -0.4 is 11.1 Å². The zero-order valence-corrected chi connectivity index (χ0v) is 14.8. The minimum Gasteiger partial charge on any atom is -0.396 e. The van der Waals surface area contributed by atoms with E-state index in [1.54, 1.807) is 12.1 Å². The quantitative estimate of drug-likeness (QED) is 0.441. The highest BCUT2D eigenvalue weighted by molar-refractivity contribution is 5.95. The molecule has 0 aliphatic heterocycles.